The van der Waals surface area contributed by atoms with Crippen molar-refractivity contribution >= 4 is 11.6 Å². The molecule has 0 radical (unpaired) electrons. The SMILES string of the molecule is Cc1ccccc1N1C(N)=NCC12CCCCCC2. The molecule has 1 heterocycles. The van der Waals surface area contributed by atoms with Crippen LogP contribution in [0.5, 0.6) is 0 Å². The monoisotopic (exact) mass is 257 g/mol. The van der Waals surface area contributed by atoms with Gasteiger partial charge in [-0.1, -0.05) is 43.9 Å². The van der Waals surface area contributed by atoms with E-state index >= 15 is 0 Å². The standard InChI is InChI=1S/C16H23N3/c1-13-8-4-5-9-14(13)19-15(17)18-12-16(19)10-6-2-3-7-11-16/h4-5,8-9H,2-3,6-7,10-12H2,1H3,(H2,17,18). The lowest BCUT2D eigenvalue weighted by Gasteiger charge is -2.39. The zero-order valence-corrected chi connectivity index (χ0v) is 11.7. The number of hydrogen-bond donors (Lipinski definition) is 1. The third kappa shape index (κ3) is 2.11. The molecule has 0 amide bonds. The molecular formula is C16H23N3. The smallest absolute Gasteiger partial charge is 0.196 e. The molecule has 0 unspecified atom stereocenters. The van der Waals surface area contributed by atoms with E-state index in [9.17, 15) is 0 Å². The van der Waals surface area contributed by atoms with Crippen molar-refractivity contribution in [2.24, 2.45) is 10.7 Å². The van der Waals surface area contributed by atoms with E-state index in [4.69, 9.17) is 5.73 Å². The predicted octanol–water partition coefficient (Wildman–Crippen LogP) is 3.22. The molecule has 1 aliphatic heterocycles. The van der Waals surface area contributed by atoms with Gasteiger partial charge in [-0.15, -0.1) is 0 Å². The van der Waals surface area contributed by atoms with E-state index in [0.717, 1.165) is 6.54 Å². The molecule has 3 rings (SSSR count). The molecule has 2 N–H and O–H groups in total. The fourth-order valence-corrected chi connectivity index (χ4v) is 3.57. The van der Waals surface area contributed by atoms with Crippen molar-refractivity contribution in [1.29, 1.82) is 0 Å². The van der Waals surface area contributed by atoms with E-state index < -0.39 is 0 Å². The number of nitrogens with two attached hydrogens (primary N) is 1. The molecule has 1 spiro atoms. The van der Waals surface area contributed by atoms with Crippen LogP contribution in [0.15, 0.2) is 29.3 Å². The molecule has 3 heteroatoms. The van der Waals surface area contributed by atoms with E-state index in [2.05, 4.69) is 41.1 Å². The zero-order chi connectivity index (χ0) is 13.3. The van der Waals surface area contributed by atoms with Crippen molar-refractivity contribution in [2.45, 2.75) is 51.0 Å². The average Bonchev–Trinajstić information content (AvgIpc) is 2.60. The second-order valence-electron chi connectivity index (χ2n) is 5.93. The van der Waals surface area contributed by atoms with E-state index in [1.807, 2.05) is 0 Å². The molecule has 1 saturated carbocycles. The zero-order valence-electron chi connectivity index (χ0n) is 11.7. The van der Waals surface area contributed by atoms with Crippen LogP contribution in [-0.4, -0.2) is 18.0 Å². The van der Waals surface area contributed by atoms with Gasteiger partial charge < -0.3 is 10.6 Å². The van der Waals surface area contributed by atoms with E-state index in [1.54, 1.807) is 0 Å². The summed E-state index contributed by atoms with van der Waals surface area (Å²) in [5.74, 6) is 0.705. The van der Waals surface area contributed by atoms with Gasteiger partial charge in [0, 0.05) is 5.69 Å². The maximum absolute atomic E-state index is 6.21. The molecule has 19 heavy (non-hydrogen) atoms. The number of anilines is 1. The summed E-state index contributed by atoms with van der Waals surface area (Å²) in [7, 11) is 0. The Morgan fingerprint density at radius 2 is 1.79 bits per heavy atom. The minimum Gasteiger partial charge on any atom is -0.369 e. The van der Waals surface area contributed by atoms with Gasteiger partial charge in [0.05, 0.1) is 12.1 Å². The Morgan fingerprint density at radius 3 is 2.47 bits per heavy atom. The average molecular weight is 257 g/mol. The number of para-hydroxylation sites is 1. The van der Waals surface area contributed by atoms with Crippen LogP contribution in [-0.2, 0) is 0 Å². The highest BCUT2D eigenvalue weighted by Gasteiger charge is 2.43. The number of aryl methyl sites for hydroxylation is 1. The molecule has 0 aromatic heterocycles. The summed E-state index contributed by atoms with van der Waals surface area (Å²) in [4.78, 5) is 6.90. The lowest BCUT2D eigenvalue weighted by molar-refractivity contribution is 0.399. The van der Waals surface area contributed by atoms with E-state index in [-0.39, 0.29) is 5.54 Å². The molecule has 1 fully saturated rings. The molecule has 1 aromatic rings. The first kappa shape index (κ1) is 12.5. The highest BCUT2D eigenvalue weighted by molar-refractivity contribution is 5.99. The second-order valence-corrected chi connectivity index (χ2v) is 5.93. The number of guanidine groups is 1. The summed E-state index contributed by atoms with van der Waals surface area (Å²) in [6.45, 7) is 3.03. The van der Waals surface area contributed by atoms with Gasteiger partial charge in [-0.05, 0) is 31.4 Å². The molecule has 0 bridgehead atoms. The van der Waals surface area contributed by atoms with Gasteiger partial charge in [0.1, 0.15) is 0 Å². The maximum Gasteiger partial charge on any atom is 0.196 e. The van der Waals surface area contributed by atoms with Crippen LogP contribution in [0.3, 0.4) is 0 Å². The van der Waals surface area contributed by atoms with Crippen molar-refractivity contribution in [3.05, 3.63) is 29.8 Å². The predicted molar refractivity (Wildman–Crippen MR) is 80.6 cm³/mol. The normalized spacial score (nSPS) is 22.4. The first-order valence-corrected chi connectivity index (χ1v) is 7.39. The number of rotatable bonds is 1. The van der Waals surface area contributed by atoms with Crippen molar-refractivity contribution < 1.29 is 0 Å². The van der Waals surface area contributed by atoms with Crippen molar-refractivity contribution in [2.75, 3.05) is 11.4 Å². The lowest BCUT2D eigenvalue weighted by Crippen LogP contribution is -2.52. The van der Waals surface area contributed by atoms with Crippen molar-refractivity contribution in [1.82, 2.24) is 0 Å². The van der Waals surface area contributed by atoms with Gasteiger partial charge in [0.15, 0.2) is 5.96 Å². The first-order valence-electron chi connectivity index (χ1n) is 7.39. The Morgan fingerprint density at radius 1 is 1.11 bits per heavy atom. The molecular weight excluding hydrogens is 234 g/mol. The summed E-state index contributed by atoms with van der Waals surface area (Å²) in [6.07, 6.45) is 7.72. The van der Waals surface area contributed by atoms with Crippen LogP contribution in [0.4, 0.5) is 5.69 Å². The lowest BCUT2D eigenvalue weighted by atomic mass is 9.88. The summed E-state index contributed by atoms with van der Waals surface area (Å²) in [6, 6.07) is 8.52. The van der Waals surface area contributed by atoms with Gasteiger partial charge in [-0.25, -0.2) is 0 Å². The van der Waals surface area contributed by atoms with Gasteiger partial charge >= 0.3 is 0 Å². The van der Waals surface area contributed by atoms with Crippen LogP contribution < -0.4 is 10.6 Å². The fourth-order valence-electron chi connectivity index (χ4n) is 3.57. The summed E-state index contributed by atoms with van der Waals surface area (Å²) < 4.78 is 0. The molecule has 2 aliphatic rings. The van der Waals surface area contributed by atoms with Crippen molar-refractivity contribution in [3.63, 3.8) is 0 Å². The number of aliphatic imine (C=N–C) groups is 1. The highest BCUT2D eigenvalue weighted by atomic mass is 15.4. The van der Waals surface area contributed by atoms with E-state index in [0.29, 0.717) is 5.96 Å². The first-order chi connectivity index (χ1) is 9.23. The number of nitrogens with zero attached hydrogens (tertiary/aromatic N) is 2. The van der Waals surface area contributed by atoms with Crippen LogP contribution in [0, 0.1) is 6.92 Å². The Kier molecular flexibility index (Phi) is 3.21. The Bertz CT molecular complexity index is 485. The molecule has 1 aromatic carbocycles. The molecule has 3 nitrogen and oxygen atoms in total. The maximum atomic E-state index is 6.21. The van der Waals surface area contributed by atoms with Gasteiger partial charge in [-0.2, -0.15) is 0 Å². The quantitative estimate of drug-likeness (QED) is 0.839. The van der Waals surface area contributed by atoms with Crippen LogP contribution in [0.1, 0.15) is 44.1 Å². The topological polar surface area (TPSA) is 41.6 Å². The highest BCUT2D eigenvalue weighted by Crippen LogP contribution is 2.39. The minimum absolute atomic E-state index is 0.146. The van der Waals surface area contributed by atoms with Gasteiger partial charge in [-0.3, -0.25) is 4.99 Å². The summed E-state index contributed by atoms with van der Waals surface area (Å²) in [5, 5.41) is 0. The van der Waals surface area contributed by atoms with Crippen LogP contribution >= 0.6 is 0 Å². The fraction of sp³-hybridized carbons (Fsp3) is 0.562. The van der Waals surface area contributed by atoms with Gasteiger partial charge in [0.25, 0.3) is 0 Å². The molecule has 1 aliphatic carbocycles. The third-order valence-electron chi connectivity index (χ3n) is 4.63. The Labute approximate surface area is 115 Å². The number of hydrogen-bond acceptors (Lipinski definition) is 3. The minimum atomic E-state index is 0.146. The second kappa shape index (κ2) is 4.87. The van der Waals surface area contributed by atoms with Crippen molar-refractivity contribution in [3.8, 4) is 0 Å². The largest absolute Gasteiger partial charge is 0.369 e. The van der Waals surface area contributed by atoms with Gasteiger partial charge in [0.2, 0.25) is 0 Å². The number of benzene rings is 1. The Hall–Kier alpha value is -1.51. The summed E-state index contributed by atoms with van der Waals surface area (Å²) >= 11 is 0. The molecule has 0 saturated heterocycles. The summed E-state index contributed by atoms with van der Waals surface area (Å²) in [5.41, 5.74) is 8.88. The third-order valence-corrected chi connectivity index (χ3v) is 4.63. The Balaban J connectivity index is 2.00. The van der Waals surface area contributed by atoms with E-state index in [1.165, 1.54) is 49.8 Å². The molecule has 0 atom stereocenters. The van der Waals surface area contributed by atoms with Crippen LogP contribution in [0.25, 0.3) is 0 Å². The van der Waals surface area contributed by atoms with Crippen LogP contribution in [0.2, 0.25) is 0 Å². The molecule has 102 valence electrons.